The Morgan fingerprint density at radius 2 is 1.65 bits per heavy atom. The lowest BCUT2D eigenvalue weighted by atomic mass is 10.0. The van der Waals surface area contributed by atoms with Gasteiger partial charge in [0.25, 0.3) is 0 Å². The standard InChI is InChI=1S/C26H27ClN2O4S/c1-5-24(29(34(4,32)33)21-13-11-17(2)18(3)15-21)26(31)28-23-14-12-20(27)16-22(23)25(30)19-9-7-6-8-10-19/h6-16,24H,5H2,1-4H3,(H,28,31). The number of hydrogen-bond donors (Lipinski definition) is 1. The van der Waals surface area contributed by atoms with Crippen molar-refractivity contribution in [2.24, 2.45) is 0 Å². The number of carbonyl (C=O) groups excluding carboxylic acids is 2. The highest BCUT2D eigenvalue weighted by Gasteiger charge is 2.32. The van der Waals surface area contributed by atoms with Gasteiger partial charge in [-0.25, -0.2) is 8.42 Å². The fourth-order valence-corrected chi connectivity index (χ4v) is 5.07. The molecule has 3 rings (SSSR count). The van der Waals surface area contributed by atoms with Crippen LogP contribution in [0.25, 0.3) is 0 Å². The number of amides is 1. The average molecular weight is 499 g/mol. The van der Waals surface area contributed by atoms with Crippen molar-refractivity contribution in [3.8, 4) is 0 Å². The number of nitrogens with zero attached hydrogens (tertiary/aromatic N) is 1. The van der Waals surface area contributed by atoms with Crippen LogP contribution in [0, 0.1) is 13.8 Å². The molecule has 0 heterocycles. The van der Waals surface area contributed by atoms with Crippen LogP contribution >= 0.6 is 11.6 Å². The normalized spacial score (nSPS) is 12.1. The number of aryl methyl sites for hydroxylation is 2. The van der Waals surface area contributed by atoms with E-state index in [2.05, 4.69) is 5.32 Å². The molecule has 0 bridgehead atoms. The Hall–Kier alpha value is -3.16. The summed E-state index contributed by atoms with van der Waals surface area (Å²) in [5, 5.41) is 3.11. The number of halogens is 1. The lowest BCUT2D eigenvalue weighted by Gasteiger charge is -2.30. The molecule has 1 N–H and O–H groups in total. The first-order chi connectivity index (χ1) is 16.0. The zero-order chi connectivity index (χ0) is 25.0. The third kappa shape index (κ3) is 5.66. The van der Waals surface area contributed by atoms with Crippen molar-refractivity contribution < 1.29 is 18.0 Å². The Morgan fingerprint density at radius 1 is 0.971 bits per heavy atom. The smallest absolute Gasteiger partial charge is 0.248 e. The SMILES string of the molecule is CCC(C(=O)Nc1ccc(Cl)cc1C(=O)c1ccccc1)N(c1ccc(C)c(C)c1)S(C)(=O)=O. The highest BCUT2D eigenvalue weighted by molar-refractivity contribution is 7.92. The summed E-state index contributed by atoms with van der Waals surface area (Å²) in [6, 6.07) is 17.5. The van der Waals surface area contributed by atoms with Crippen molar-refractivity contribution >= 4 is 44.7 Å². The maximum Gasteiger partial charge on any atom is 0.248 e. The van der Waals surface area contributed by atoms with E-state index in [0.29, 0.717) is 16.3 Å². The molecule has 178 valence electrons. The Labute approximate surface area is 205 Å². The fraction of sp³-hybridized carbons (Fsp3) is 0.231. The first-order valence-corrected chi connectivity index (χ1v) is 13.0. The maximum atomic E-state index is 13.4. The van der Waals surface area contributed by atoms with E-state index < -0.39 is 22.0 Å². The third-order valence-electron chi connectivity index (χ3n) is 5.59. The van der Waals surface area contributed by atoms with Crippen molar-refractivity contribution in [1.29, 1.82) is 0 Å². The van der Waals surface area contributed by atoms with E-state index in [1.54, 1.807) is 61.5 Å². The predicted molar refractivity (Wildman–Crippen MR) is 137 cm³/mol. The van der Waals surface area contributed by atoms with Crippen molar-refractivity contribution in [2.75, 3.05) is 15.9 Å². The second-order valence-corrected chi connectivity index (χ2v) is 10.4. The first kappa shape index (κ1) is 25.5. The maximum absolute atomic E-state index is 13.4. The minimum Gasteiger partial charge on any atom is -0.324 e. The van der Waals surface area contributed by atoms with Crippen LogP contribution < -0.4 is 9.62 Å². The van der Waals surface area contributed by atoms with Gasteiger partial charge < -0.3 is 5.32 Å². The molecular weight excluding hydrogens is 472 g/mol. The number of ketones is 1. The quantitative estimate of drug-likeness (QED) is 0.423. The van der Waals surface area contributed by atoms with Crippen molar-refractivity contribution in [3.05, 3.63) is 94.0 Å². The first-order valence-electron chi connectivity index (χ1n) is 10.8. The van der Waals surface area contributed by atoms with Crippen molar-refractivity contribution in [1.82, 2.24) is 0 Å². The van der Waals surface area contributed by atoms with Crippen molar-refractivity contribution in [3.63, 3.8) is 0 Å². The van der Waals surface area contributed by atoms with E-state index >= 15 is 0 Å². The van der Waals surface area contributed by atoms with Gasteiger partial charge in [-0.2, -0.15) is 0 Å². The summed E-state index contributed by atoms with van der Waals surface area (Å²) in [6.07, 6.45) is 1.30. The van der Waals surface area contributed by atoms with E-state index in [0.717, 1.165) is 21.7 Å². The predicted octanol–water partition coefficient (Wildman–Crippen LogP) is 5.37. The number of anilines is 2. The molecule has 1 unspecified atom stereocenters. The molecule has 6 nitrogen and oxygen atoms in total. The minimum absolute atomic E-state index is 0.221. The van der Waals surface area contributed by atoms with E-state index in [9.17, 15) is 18.0 Å². The molecule has 0 fully saturated rings. The molecule has 8 heteroatoms. The van der Waals surface area contributed by atoms with Gasteiger partial charge in [0.1, 0.15) is 6.04 Å². The van der Waals surface area contributed by atoms with Crippen LogP contribution in [0.3, 0.4) is 0 Å². The highest BCUT2D eigenvalue weighted by Crippen LogP contribution is 2.28. The van der Waals surface area contributed by atoms with E-state index in [-0.39, 0.29) is 23.5 Å². The molecule has 0 spiro atoms. The number of hydrogen-bond acceptors (Lipinski definition) is 4. The van der Waals surface area contributed by atoms with E-state index in [1.165, 1.54) is 6.07 Å². The summed E-state index contributed by atoms with van der Waals surface area (Å²) in [6.45, 7) is 5.55. The van der Waals surface area contributed by atoms with Gasteiger partial charge in [-0.15, -0.1) is 0 Å². The summed E-state index contributed by atoms with van der Waals surface area (Å²) in [5.74, 6) is -0.851. The summed E-state index contributed by atoms with van der Waals surface area (Å²) in [4.78, 5) is 26.5. The van der Waals surface area contributed by atoms with Gasteiger partial charge in [0.2, 0.25) is 15.9 Å². The lowest BCUT2D eigenvalue weighted by molar-refractivity contribution is -0.117. The average Bonchev–Trinajstić information content (AvgIpc) is 2.79. The molecule has 0 saturated carbocycles. The number of nitrogens with one attached hydrogen (secondary N) is 1. The second kappa shape index (κ2) is 10.4. The fourth-order valence-electron chi connectivity index (χ4n) is 3.70. The Balaban J connectivity index is 2.00. The number of benzene rings is 3. The third-order valence-corrected chi connectivity index (χ3v) is 7.01. The van der Waals surface area contributed by atoms with Gasteiger partial charge in [-0.05, 0) is 61.7 Å². The van der Waals surface area contributed by atoms with Crippen molar-refractivity contribution in [2.45, 2.75) is 33.2 Å². The van der Waals surface area contributed by atoms with Gasteiger partial charge in [0.05, 0.1) is 17.6 Å². The molecule has 0 aliphatic rings. The summed E-state index contributed by atoms with van der Waals surface area (Å²) < 4.78 is 26.7. The Morgan fingerprint density at radius 3 is 2.24 bits per heavy atom. The monoisotopic (exact) mass is 498 g/mol. The number of sulfonamides is 1. The van der Waals surface area contributed by atoms with Crippen LogP contribution in [-0.4, -0.2) is 32.4 Å². The van der Waals surface area contributed by atoms with Crippen LogP contribution in [0.15, 0.2) is 66.7 Å². The summed E-state index contributed by atoms with van der Waals surface area (Å²) in [5.41, 5.74) is 3.26. The Bertz CT molecular complexity index is 1320. The van der Waals surface area contributed by atoms with Gasteiger partial charge in [0, 0.05) is 16.1 Å². The zero-order valence-corrected chi connectivity index (χ0v) is 21.1. The van der Waals surface area contributed by atoms with Crippen LogP contribution in [0.1, 0.15) is 40.4 Å². The molecule has 0 radical (unpaired) electrons. The molecule has 3 aromatic rings. The zero-order valence-electron chi connectivity index (χ0n) is 19.5. The summed E-state index contributed by atoms with van der Waals surface area (Å²) in [7, 11) is -3.79. The Kier molecular flexibility index (Phi) is 7.79. The number of rotatable bonds is 8. The van der Waals surface area contributed by atoms with Crippen LogP contribution in [0.5, 0.6) is 0 Å². The molecule has 0 aliphatic heterocycles. The minimum atomic E-state index is -3.79. The van der Waals surface area contributed by atoms with Gasteiger partial charge >= 0.3 is 0 Å². The van der Waals surface area contributed by atoms with Gasteiger partial charge in [-0.3, -0.25) is 13.9 Å². The van der Waals surface area contributed by atoms with Gasteiger partial charge in [0.15, 0.2) is 5.78 Å². The molecular formula is C26H27ClN2O4S. The van der Waals surface area contributed by atoms with Crippen LogP contribution in [0.4, 0.5) is 11.4 Å². The molecule has 0 aliphatic carbocycles. The van der Waals surface area contributed by atoms with Crippen LogP contribution in [0.2, 0.25) is 5.02 Å². The van der Waals surface area contributed by atoms with Crippen LogP contribution in [-0.2, 0) is 14.8 Å². The van der Waals surface area contributed by atoms with Gasteiger partial charge in [-0.1, -0.05) is 54.9 Å². The molecule has 1 atom stereocenters. The largest absolute Gasteiger partial charge is 0.324 e. The highest BCUT2D eigenvalue weighted by atomic mass is 35.5. The number of carbonyl (C=O) groups is 2. The molecule has 0 saturated heterocycles. The van der Waals surface area contributed by atoms with E-state index in [4.69, 9.17) is 11.6 Å². The topological polar surface area (TPSA) is 83.6 Å². The second-order valence-electron chi connectivity index (χ2n) is 8.13. The molecule has 1 amide bonds. The summed E-state index contributed by atoms with van der Waals surface area (Å²) >= 11 is 6.14. The molecule has 3 aromatic carbocycles. The van der Waals surface area contributed by atoms with E-state index in [1.807, 2.05) is 19.9 Å². The lowest BCUT2D eigenvalue weighted by Crippen LogP contribution is -2.47. The molecule has 0 aromatic heterocycles. The molecule has 34 heavy (non-hydrogen) atoms.